The van der Waals surface area contributed by atoms with Crippen LogP contribution in [0.1, 0.15) is 43.1 Å². The van der Waals surface area contributed by atoms with Crippen molar-refractivity contribution in [1.29, 1.82) is 5.26 Å². The molecule has 1 saturated carbocycles. The summed E-state index contributed by atoms with van der Waals surface area (Å²) in [6.07, 6.45) is 5.00. The third-order valence-corrected chi connectivity index (χ3v) is 3.79. The Balaban J connectivity index is 2.39. The maximum Gasteiger partial charge on any atom is 0.173 e. The average molecular weight is 254 g/mol. The number of nitrogens with zero attached hydrogens (tertiary/aromatic N) is 3. The summed E-state index contributed by atoms with van der Waals surface area (Å²) in [5, 5.41) is 8.84. The Morgan fingerprint density at radius 1 is 1.50 bits per heavy atom. The lowest BCUT2D eigenvalue weighted by Gasteiger charge is -2.08. The molecule has 1 aromatic heterocycles. The number of nitriles is 1. The molecule has 0 atom stereocenters. The first-order chi connectivity index (χ1) is 6.74. The molecule has 0 amide bonds. The summed E-state index contributed by atoms with van der Waals surface area (Å²) in [6.45, 7) is 0. The van der Waals surface area contributed by atoms with Crippen LogP contribution in [-0.2, 0) is 7.05 Å². The first-order valence-electron chi connectivity index (χ1n) is 4.86. The van der Waals surface area contributed by atoms with Gasteiger partial charge in [0.15, 0.2) is 5.69 Å². The Bertz CT molecular complexity index is 383. The second-order valence-electron chi connectivity index (χ2n) is 3.76. The highest BCUT2D eigenvalue weighted by Crippen LogP contribution is 2.34. The van der Waals surface area contributed by atoms with Gasteiger partial charge in [0.05, 0.1) is 0 Å². The van der Waals surface area contributed by atoms with Gasteiger partial charge in [0, 0.05) is 13.0 Å². The molecule has 1 fully saturated rings. The molecule has 4 heteroatoms. The van der Waals surface area contributed by atoms with E-state index >= 15 is 0 Å². The Labute approximate surface area is 91.9 Å². The highest BCUT2D eigenvalue weighted by molar-refractivity contribution is 9.10. The van der Waals surface area contributed by atoms with Crippen molar-refractivity contribution in [3.63, 3.8) is 0 Å². The Morgan fingerprint density at radius 3 is 2.64 bits per heavy atom. The SMILES string of the molecule is Cn1c(C2CCCC2)nc(C#N)c1Br. The predicted octanol–water partition coefficient (Wildman–Crippen LogP) is 2.71. The van der Waals surface area contributed by atoms with Crippen LogP contribution in [0.5, 0.6) is 0 Å². The van der Waals surface area contributed by atoms with Crippen LogP contribution in [0, 0.1) is 11.3 Å². The molecule has 14 heavy (non-hydrogen) atoms. The molecule has 0 aliphatic heterocycles. The molecule has 0 spiro atoms. The van der Waals surface area contributed by atoms with E-state index in [2.05, 4.69) is 27.0 Å². The number of aromatic nitrogens is 2. The first-order valence-corrected chi connectivity index (χ1v) is 5.65. The van der Waals surface area contributed by atoms with Crippen molar-refractivity contribution in [3.05, 3.63) is 16.1 Å². The third kappa shape index (κ3) is 1.46. The maximum atomic E-state index is 8.84. The summed E-state index contributed by atoms with van der Waals surface area (Å²) in [6, 6.07) is 2.10. The number of rotatable bonds is 1. The monoisotopic (exact) mass is 253 g/mol. The smallest absolute Gasteiger partial charge is 0.173 e. The summed E-state index contributed by atoms with van der Waals surface area (Å²) in [7, 11) is 1.96. The molecular formula is C10H12BrN3. The van der Waals surface area contributed by atoms with Crippen molar-refractivity contribution in [3.8, 4) is 6.07 Å². The summed E-state index contributed by atoms with van der Waals surface area (Å²) in [4.78, 5) is 4.36. The molecule has 1 heterocycles. The largest absolute Gasteiger partial charge is 0.325 e. The van der Waals surface area contributed by atoms with Gasteiger partial charge in [-0.1, -0.05) is 12.8 Å². The van der Waals surface area contributed by atoms with Crippen molar-refractivity contribution in [2.75, 3.05) is 0 Å². The molecule has 1 aromatic rings. The highest BCUT2D eigenvalue weighted by Gasteiger charge is 2.23. The molecule has 0 N–H and O–H groups in total. The van der Waals surface area contributed by atoms with Crippen LogP contribution in [0.15, 0.2) is 4.60 Å². The van der Waals surface area contributed by atoms with E-state index in [9.17, 15) is 0 Å². The molecule has 1 aliphatic rings. The van der Waals surface area contributed by atoms with Gasteiger partial charge in [-0.2, -0.15) is 5.26 Å². The van der Waals surface area contributed by atoms with Crippen molar-refractivity contribution in [1.82, 2.24) is 9.55 Å². The first kappa shape index (κ1) is 9.72. The van der Waals surface area contributed by atoms with Gasteiger partial charge in [0.1, 0.15) is 16.5 Å². The zero-order chi connectivity index (χ0) is 10.1. The highest BCUT2D eigenvalue weighted by atomic mass is 79.9. The van der Waals surface area contributed by atoms with Crippen molar-refractivity contribution >= 4 is 15.9 Å². The van der Waals surface area contributed by atoms with E-state index in [4.69, 9.17) is 5.26 Å². The van der Waals surface area contributed by atoms with E-state index in [-0.39, 0.29) is 0 Å². The topological polar surface area (TPSA) is 41.6 Å². The minimum absolute atomic E-state index is 0.509. The molecule has 0 saturated heterocycles. The molecular weight excluding hydrogens is 242 g/mol. The molecule has 0 bridgehead atoms. The van der Waals surface area contributed by atoms with Gasteiger partial charge < -0.3 is 4.57 Å². The van der Waals surface area contributed by atoms with E-state index in [1.54, 1.807) is 0 Å². The van der Waals surface area contributed by atoms with Gasteiger partial charge in [-0.3, -0.25) is 0 Å². The third-order valence-electron chi connectivity index (χ3n) is 2.89. The quantitative estimate of drug-likeness (QED) is 0.773. The van der Waals surface area contributed by atoms with Crippen molar-refractivity contribution in [2.45, 2.75) is 31.6 Å². The zero-order valence-corrected chi connectivity index (χ0v) is 9.71. The van der Waals surface area contributed by atoms with Crippen molar-refractivity contribution < 1.29 is 0 Å². The standard InChI is InChI=1S/C10H12BrN3/c1-14-9(11)8(6-12)13-10(14)7-4-2-3-5-7/h7H,2-5H2,1H3. The van der Waals surface area contributed by atoms with E-state index in [0.29, 0.717) is 11.6 Å². The maximum absolute atomic E-state index is 8.84. The molecule has 0 radical (unpaired) electrons. The van der Waals surface area contributed by atoms with Gasteiger partial charge in [-0.15, -0.1) is 0 Å². The van der Waals surface area contributed by atoms with Crippen LogP contribution in [0.2, 0.25) is 0 Å². The van der Waals surface area contributed by atoms with E-state index in [1.165, 1.54) is 25.7 Å². The number of imidazole rings is 1. The summed E-state index contributed by atoms with van der Waals surface area (Å²) >= 11 is 3.39. The van der Waals surface area contributed by atoms with Gasteiger partial charge in [-0.25, -0.2) is 4.98 Å². The number of halogens is 1. The van der Waals surface area contributed by atoms with Crippen molar-refractivity contribution in [2.24, 2.45) is 7.05 Å². The molecule has 2 rings (SSSR count). The molecule has 0 aromatic carbocycles. The molecule has 0 unspecified atom stereocenters. The second-order valence-corrected chi connectivity index (χ2v) is 4.51. The summed E-state index contributed by atoms with van der Waals surface area (Å²) in [5.41, 5.74) is 0.509. The predicted molar refractivity (Wildman–Crippen MR) is 56.8 cm³/mol. The molecule has 74 valence electrons. The van der Waals surface area contributed by atoms with Crippen LogP contribution >= 0.6 is 15.9 Å². The molecule has 1 aliphatic carbocycles. The fourth-order valence-corrected chi connectivity index (χ4v) is 2.47. The lowest BCUT2D eigenvalue weighted by atomic mass is 10.1. The molecule has 3 nitrogen and oxygen atoms in total. The number of hydrogen-bond donors (Lipinski definition) is 0. The van der Waals surface area contributed by atoms with Gasteiger partial charge in [0.25, 0.3) is 0 Å². The van der Waals surface area contributed by atoms with E-state index in [1.807, 2.05) is 11.6 Å². The normalized spacial score (nSPS) is 17.2. The Kier molecular flexibility index (Phi) is 2.60. The lowest BCUT2D eigenvalue weighted by molar-refractivity contribution is 0.628. The van der Waals surface area contributed by atoms with Gasteiger partial charge >= 0.3 is 0 Å². The summed E-state index contributed by atoms with van der Waals surface area (Å²) < 4.78 is 2.80. The van der Waals surface area contributed by atoms with Crippen LogP contribution in [0.4, 0.5) is 0 Å². The lowest BCUT2D eigenvalue weighted by Crippen LogP contribution is -2.02. The Hall–Kier alpha value is -0.820. The van der Waals surface area contributed by atoms with Crippen LogP contribution in [0.3, 0.4) is 0 Å². The van der Waals surface area contributed by atoms with E-state index in [0.717, 1.165) is 10.4 Å². The summed E-state index contributed by atoms with van der Waals surface area (Å²) in [5.74, 6) is 1.62. The van der Waals surface area contributed by atoms with Crippen LogP contribution < -0.4 is 0 Å². The minimum atomic E-state index is 0.509. The fraction of sp³-hybridized carbons (Fsp3) is 0.600. The average Bonchev–Trinajstić information content (AvgIpc) is 2.78. The van der Waals surface area contributed by atoms with Gasteiger partial charge in [0.2, 0.25) is 0 Å². The Morgan fingerprint density at radius 2 is 2.14 bits per heavy atom. The second kappa shape index (κ2) is 3.74. The minimum Gasteiger partial charge on any atom is -0.325 e. The zero-order valence-electron chi connectivity index (χ0n) is 8.13. The fourth-order valence-electron chi connectivity index (χ4n) is 2.12. The van der Waals surface area contributed by atoms with Crippen LogP contribution in [0.25, 0.3) is 0 Å². The van der Waals surface area contributed by atoms with Gasteiger partial charge in [-0.05, 0) is 28.8 Å². The van der Waals surface area contributed by atoms with Crippen LogP contribution in [-0.4, -0.2) is 9.55 Å². The number of hydrogen-bond acceptors (Lipinski definition) is 2. The van der Waals surface area contributed by atoms with E-state index < -0.39 is 0 Å².